The summed E-state index contributed by atoms with van der Waals surface area (Å²) in [7, 11) is 1.63. The molecule has 4 nitrogen and oxygen atoms in total. The molecule has 0 unspecified atom stereocenters. The van der Waals surface area contributed by atoms with Crippen LogP contribution in [0.1, 0.15) is 28.4 Å². The Kier molecular flexibility index (Phi) is 3.88. The fourth-order valence-electron chi connectivity index (χ4n) is 1.92. The first-order valence-electron chi connectivity index (χ1n) is 5.43. The summed E-state index contributed by atoms with van der Waals surface area (Å²) in [6, 6.07) is 2.18. The van der Waals surface area contributed by atoms with Gasteiger partial charge in [-0.1, -0.05) is 0 Å². The first-order valence-corrected chi connectivity index (χ1v) is 6.25. The molecular weight excluding hydrogens is 222 g/mol. The normalized spacial score (nSPS) is 16.5. The highest BCUT2D eigenvalue weighted by molar-refractivity contribution is 7.12. The van der Waals surface area contributed by atoms with Crippen LogP contribution in [-0.2, 0) is 17.9 Å². The SMILES string of the molecule is COCc1nc(CN2CCCC2)sc1C#N. The Balaban J connectivity index is 2.06. The minimum absolute atomic E-state index is 0.430. The zero-order valence-electron chi connectivity index (χ0n) is 9.40. The van der Waals surface area contributed by atoms with Crippen LogP contribution in [0.15, 0.2) is 0 Å². The molecule has 1 aromatic rings. The van der Waals surface area contributed by atoms with Gasteiger partial charge in [0.2, 0.25) is 0 Å². The van der Waals surface area contributed by atoms with Crippen molar-refractivity contribution in [3.63, 3.8) is 0 Å². The molecule has 0 atom stereocenters. The van der Waals surface area contributed by atoms with Crippen molar-refractivity contribution in [2.24, 2.45) is 0 Å². The number of nitriles is 1. The third-order valence-electron chi connectivity index (χ3n) is 2.68. The maximum absolute atomic E-state index is 8.97. The van der Waals surface area contributed by atoms with Gasteiger partial charge in [-0.3, -0.25) is 4.90 Å². The van der Waals surface area contributed by atoms with Crippen LogP contribution in [0.25, 0.3) is 0 Å². The molecule has 0 saturated carbocycles. The van der Waals surface area contributed by atoms with Gasteiger partial charge in [-0.2, -0.15) is 5.26 Å². The highest BCUT2D eigenvalue weighted by Gasteiger charge is 2.16. The standard InChI is InChI=1S/C11H15N3OS/c1-15-8-9-10(6-12)16-11(13-9)7-14-4-2-3-5-14/h2-5,7-8H2,1H3. The molecule has 2 rings (SSSR count). The van der Waals surface area contributed by atoms with Gasteiger partial charge in [0.25, 0.3) is 0 Å². The van der Waals surface area contributed by atoms with E-state index in [1.54, 1.807) is 7.11 Å². The Morgan fingerprint density at radius 3 is 2.88 bits per heavy atom. The van der Waals surface area contributed by atoms with E-state index in [9.17, 15) is 0 Å². The van der Waals surface area contributed by atoms with Gasteiger partial charge in [-0.25, -0.2) is 4.98 Å². The minimum atomic E-state index is 0.430. The lowest BCUT2D eigenvalue weighted by molar-refractivity contribution is 0.181. The van der Waals surface area contributed by atoms with Crippen molar-refractivity contribution in [2.45, 2.75) is 26.0 Å². The van der Waals surface area contributed by atoms with Gasteiger partial charge in [-0.05, 0) is 25.9 Å². The fourth-order valence-corrected chi connectivity index (χ4v) is 2.83. The molecule has 2 heterocycles. The molecule has 5 heteroatoms. The van der Waals surface area contributed by atoms with Crippen LogP contribution in [0.2, 0.25) is 0 Å². The van der Waals surface area contributed by atoms with E-state index in [1.807, 2.05) is 0 Å². The third-order valence-corrected chi connectivity index (χ3v) is 3.67. The largest absolute Gasteiger partial charge is 0.378 e. The second-order valence-corrected chi connectivity index (χ2v) is 5.00. The summed E-state index contributed by atoms with van der Waals surface area (Å²) < 4.78 is 5.03. The molecule has 0 N–H and O–H groups in total. The van der Waals surface area contributed by atoms with E-state index >= 15 is 0 Å². The Hall–Kier alpha value is -0.960. The summed E-state index contributed by atoms with van der Waals surface area (Å²) in [6.07, 6.45) is 2.56. The molecule has 86 valence electrons. The Morgan fingerprint density at radius 1 is 1.50 bits per heavy atom. The Bertz CT molecular complexity index is 390. The third kappa shape index (κ3) is 2.59. The lowest BCUT2D eigenvalue weighted by atomic mass is 10.4. The summed E-state index contributed by atoms with van der Waals surface area (Å²) >= 11 is 1.49. The van der Waals surface area contributed by atoms with E-state index < -0.39 is 0 Å². The van der Waals surface area contributed by atoms with Gasteiger partial charge < -0.3 is 4.74 Å². The molecule has 0 radical (unpaired) electrons. The lowest BCUT2D eigenvalue weighted by Crippen LogP contribution is -2.18. The summed E-state index contributed by atoms with van der Waals surface area (Å²) in [6.45, 7) is 3.62. The predicted octanol–water partition coefficient (Wildman–Crippen LogP) is 1.76. The van der Waals surface area contributed by atoms with Crippen molar-refractivity contribution in [3.05, 3.63) is 15.6 Å². The highest BCUT2D eigenvalue weighted by atomic mass is 32.1. The first-order chi connectivity index (χ1) is 7.83. The summed E-state index contributed by atoms with van der Waals surface area (Å²) in [4.78, 5) is 7.54. The highest BCUT2D eigenvalue weighted by Crippen LogP contribution is 2.21. The number of methoxy groups -OCH3 is 1. The van der Waals surface area contributed by atoms with E-state index in [0.29, 0.717) is 11.5 Å². The number of thiazole rings is 1. The lowest BCUT2D eigenvalue weighted by Gasteiger charge is -2.11. The predicted molar refractivity (Wildman–Crippen MR) is 62.1 cm³/mol. The average Bonchev–Trinajstić information content (AvgIpc) is 2.89. The van der Waals surface area contributed by atoms with Crippen LogP contribution in [0.3, 0.4) is 0 Å². The van der Waals surface area contributed by atoms with E-state index in [4.69, 9.17) is 10.00 Å². The van der Waals surface area contributed by atoms with E-state index in [1.165, 1.54) is 24.2 Å². The van der Waals surface area contributed by atoms with Crippen LogP contribution < -0.4 is 0 Å². The van der Waals surface area contributed by atoms with Crippen molar-refractivity contribution in [1.82, 2.24) is 9.88 Å². The minimum Gasteiger partial charge on any atom is -0.378 e. The van der Waals surface area contributed by atoms with Gasteiger partial charge in [0.05, 0.1) is 18.8 Å². The van der Waals surface area contributed by atoms with Crippen molar-refractivity contribution >= 4 is 11.3 Å². The van der Waals surface area contributed by atoms with Gasteiger partial charge in [0, 0.05) is 7.11 Å². The number of nitrogens with zero attached hydrogens (tertiary/aromatic N) is 3. The van der Waals surface area contributed by atoms with Crippen LogP contribution in [-0.4, -0.2) is 30.1 Å². The summed E-state index contributed by atoms with van der Waals surface area (Å²) in [5.74, 6) is 0. The molecule has 0 bridgehead atoms. The van der Waals surface area contributed by atoms with Crippen LogP contribution in [0, 0.1) is 11.3 Å². The molecule has 0 amide bonds. The number of rotatable bonds is 4. The monoisotopic (exact) mass is 237 g/mol. The molecule has 1 saturated heterocycles. The Morgan fingerprint density at radius 2 is 2.25 bits per heavy atom. The van der Waals surface area contributed by atoms with Gasteiger partial charge in [0.15, 0.2) is 0 Å². The van der Waals surface area contributed by atoms with E-state index in [2.05, 4.69) is 16.0 Å². The molecule has 0 spiro atoms. The van der Waals surface area contributed by atoms with Gasteiger partial charge in [0.1, 0.15) is 16.0 Å². The second-order valence-electron chi connectivity index (χ2n) is 3.91. The van der Waals surface area contributed by atoms with Crippen LogP contribution >= 0.6 is 11.3 Å². The number of likely N-dealkylation sites (tertiary alicyclic amines) is 1. The molecule has 16 heavy (non-hydrogen) atoms. The number of hydrogen-bond donors (Lipinski definition) is 0. The summed E-state index contributed by atoms with van der Waals surface area (Å²) in [5.41, 5.74) is 0.782. The molecule has 1 fully saturated rings. The molecule has 0 aromatic carbocycles. The topological polar surface area (TPSA) is 49.1 Å². The van der Waals surface area contributed by atoms with Gasteiger partial charge in [-0.15, -0.1) is 11.3 Å². The second kappa shape index (κ2) is 5.39. The van der Waals surface area contributed by atoms with E-state index in [0.717, 1.165) is 30.3 Å². The Labute approximate surface area is 99.5 Å². The van der Waals surface area contributed by atoms with Crippen LogP contribution in [0.5, 0.6) is 0 Å². The molecule has 1 aromatic heterocycles. The summed E-state index contributed by atoms with van der Waals surface area (Å²) in [5, 5.41) is 10.0. The molecule has 1 aliphatic heterocycles. The average molecular weight is 237 g/mol. The molecular formula is C11H15N3OS. The fraction of sp³-hybridized carbons (Fsp3) is 0.636. The number of ether oxygens (including phenoxy) is 1. The molecule has 1 aliphatic rings. The van der Waals surface area contributed by atoms with Crippen molar-refractivity contribution in [3.8, 4) is 6.07 Å². The molecule has 0 aliphatic carbocycles. The van der Waals surface area contributed by atoms with Crippen LogP contribution in [0.4, 0.5) is 0 Å². The van der Waals surface area contributed by atoms with Gasteiger partial charge >= 0.3 is 0 Å². The van der Waals surface area contributed by atoms with Crippen molar-refractivity contribution < 1.29 is 4.74 Å². The first kappa shape index (κ1) is 11.5. The number of hydrogen-bond acceptors (Lipinski definition) is 5. The zero-order valence-corrected chi connectivity index (χ0v) is 10.2. The smallest absolute Gasteiger partial charge is 0.130 e. The maximum Gasteiger partial charge on any atom is 0.130 e. The van der Waals surface area contributed by atoms with Crippen molar-refractivity contribution in [2.75, 3.05) is 20.2 Å². The zero-order chi connectivity index (χ0) is 11.4. The number of aromatic nitrogens is 1. The van der Waals surface area contributed by atoms with Crippen molar-refractivity contribution in [1.29, 1.82) is 5.26 Å². The maximum atomic E-state index is 8.97. The quantitative estimate of drug-likeness (QED) is 0.800. The van der Waals surface area contributed by atoms with E-state index in [-0.39, 0.29) is 0 Å².